The molecule has 0 aliphatic rings. The summed E-state index contributed by atoms with van der Waals surface area (Å²) in [7, 11) is -2.18. The summed E-state index contributed by atoms with van der Waals surface area (Å²) in [6.07, 6.45) is 2.61. The molecular weight excluding hydrogens is 310 g/mol. The zero-order chi connectivity index (χ0) is 16.1. The molecule has 1 N–H and O–H groups in total. The minimum absolute atomic E-state index is 0.184. The summed E-state index contributed by atoms with van der Waals surface area (Å²) in [6, 6.07) is 6.78. The Labute approximate surface area is 124 Å². The largest absolute Gasteiger partial charge is 0.350 e. The molecule has 3 aromatic rings. The first-order valence-corrected chi connectivity index (χ1v) is 8.06. The molecule has 0 spiro atoms. The molecule has 0 saturated heterocycles. The van der Waals surface area contributed by atoms with Gasteiger partial charge in [-0.2, -0.15) is 8.42 Å². The molecule has 0 aliphatic heterocycles. The van der Waals surface area contributed by atoms with E-state index in [1.165, 1.54) is 0 Å². The van der Waals surface area contributed by atoms with E-state index < -0.39 is 21.2 Å². The highest BCUT2D eigenvalue weighted by molar-refractivity contribution is 7.86. The Balaban J connectivity index is 2.60. The number of pyridine rings is 1. The van der Waals surface area contributed by atoms with Gasteiger partial charge in [0.1, 0.15) is 12.6 Å². The molecule has 8 nitrogen and oxygen atoms in total. The van der Waals surface area contributed by atoms with Crippen LogP contribution in [0, 0.1) is 0 Å². The molecule has 0 aliphatic carbocycles. The summed E-state index contributed by atoms with van der Waals surface area (Å²) in [4.78, 5) is 26.1. The summed E-state index contributed by atoms with van der Waals surface area (Å²) in [6.45, 7) is 0. The van der Waals surface area contributed by atoms with Gasteiger partial charge in [0.2, 0.25) is 5.52 Å². The minimum atomic E-state index is -3.98. The van der Waals surface area contributed by atoms with Gasteiger partial charge in [-0.1, -0.05) is 0 Å². The summed E-state index contributed by atoms with van der Waals surface area (Å²) in [5.74, 6) is 0. The Hall–Kier alpha value is -2.68. The van der Waals surface area contributed by atoms with Gasteiger partial charge >= 0.3 is 21.2 Å². The molecule has 2 heterocycles. The monoisotopic (exact) mass is 322 g/mol. The number of nitrogens with one attached hydrogen (secondary N) is 1. The van der Waals surface area contributed by atoms with Crippen molar-refractivity contribution in [2.75, 3.05) is 6.26 Å². The van der Waals surface area contributed by atoms with Gasteiger partial charge in [-0.05, 0) is 12.1 Å². The van der Waals surface area contributed by atoms with E-state index in [0.717, 1.165) is 11.8 Å². The van der Waals surface area contributed by atoms with Crippen LogP contribution in [0.25, 0.3) is 21.9 Å². The number of hydrogen-bond acceptors (Lipinski definition) is 5. The average Bonchev–Trinajstić information content (AvgIpc) is 2.42. The molecule has 0 saturated carbocycles. The van der Waals surface area contributed by atoms with Crippen molar-refractivity contribution in [1.29, 1.82) is 0 Å². The maximum absolute atomic E-state index is 12.0. The molecule has 9 heteroatoms. The van der Waals surface area contributed by atoms with Gasteiger partial charge in [0, 0.05) is 12.1 Å². The lowest BCUT2D eigenvalue weighted by Gasteiger charge is -2.10. The van der Waals surface area contributed by atoms with Gasteiger partial charge in [-0.15, -0.1) is 4.73 Å². The molecule has 0 radical (unpaired) electrons. The lowest BCUT2D eigenvalue weighted by molar-refractivity contribution is -0.644. The zero-order valence-corrected chi connectivity index (χ0v) is 12.5. The predicted molar refractivity (Wildman–Crippen MR) is 78.9 cm³/mol. The number of hydrogen-bond donors (Lipinski definition) is 1. The zero-order valence-electron chi connectivity index (χ0n) is 11.7. The number of fused-ring (bicyclic) bond motifs is 3. The van der Waals surface area contributed by atoms with Crippen LogP contribution in [0.5, 0.6) is 0 Å². The van der Waals surface area contributed by atoms with Crippen LogP contribution in [-0.4, -0.2) is 24.4 Å². The van der Waals surface area contributed by atoms with Crippen molar-refractivity contribution in [3.05, 3.63) is 51.2 Å². The molecule has 0 amide bonds. The highest BCUT2D eigenvalue weighted by Gasteiger charge is 2.18. The van der Waals surface area contributed by atoms with Crippen molar-refractivity contribution in [3.8, 4) is 0 Å². The number of rotatable bonds is 2. The van der Waals surface area contributed by atoms with Crippen molar-refractivity contribution < 1.29 is 17.3 Å². The lowest BCUT2D eigenvalue weighted by atomic mass is 10.1. The van der Waals surface area contributed by atoms with Gasteiger partial charge < -0.3 is 4.98 Å². The third kappa shape index (κ3) is 2.25. The lowest BCUT2D eigenvalue weighted by Crippen LogP contribution is -2.41. The van der Waals surface area contributed by atoms with Crippen molar-refractivity contribution in [2.45, 2.75) is 0 Å². The topological polar surface area (TPSA) is 102 Å². The van der Waals surface area contributed by atoms with E-state index in [0.29, 0.717) is 15.6 Å². The van der Waals surface area contributed by atoms with Crippen molar-refractivity contribution >= 4 is 32.1 Å². The average molecular weight is 322 g/mol. The minimum Gasteiger partial charge on any atom is -0.316 e. The number of H-pyrrole nitrogens is 1. The second kappa shape index (κ2) is 4.67. The number of benzene rings is 1. The quantitative estimate of drug-likeness (QED) is 0.372. The Morgan fingerprint density at radius 1 is 1.23 bits per heavy atom. The van der Waals surface area contributed by atoms with Crippen LogP contribution in [0.2, 0.25) is 0 Å². The molecule has 0 bridgehead atoms. The highest BCUT2D eigenvalue weighted by Crippen LogP contribution is 2.19. The first kappa shape index (κ1) is 14.3. The summed E-state index contributed by atoms with van der Waals surface area (Å²) < 4.78 is 29.9. The molecule has 0 atom stereocenters. The van der Waals surface area contributed by atoms with Crippen molar-refractivity contribution in [1.82, 2.24) is 9.71 Å². The summed E-state index contributed by atoms with van der Waals surface area (Å²) >= 11 is 0. The van der Waals surface area contributed by atoms with Gasteiger partial charge in [0.25, 0.3) is 0 Å². The van der Waals surface area contributed by atoms with Crippen LogP contribution in [0.3, 0.4) is 0 Å². The van der Waals surface area contributed by atoms with Crippen LogP contribution in [0.4, 0.5) is 0 Å². The Morgan fingerprint density at radius 2 is 1.95 bits per heavy atom. The van der Waals surface area contributed by atoms with Crippen LogP contribution < -0.4 is 20.0 Å². The molecule has 114 valence electrons. The highest BCUT2D eigenvalue weighted by atomic mass is 32.2. The number of nitrogens with zero attached hydrogens (tertiary/aromatic N) is 2. The standard InChI is InChI=1S/C13H11N3O5S/c1-15-7-3-4-8-10(15)6-5-9-11(8)16(21-22(2,19)20)13(18)12(17)14-9/h3-7H,1-2H3/p+1. The van der Waals surface area contributed by atoms with E-state index >= 15 is 0 Å². The van der Waals surface area contributed by atoms with Gasteiger partial charge in [0.15, 0.2) is 6.20 Å². The fourth-order valence-electron chi connectivity index (χ4n) is 2.31. The first-order valence-electron chi connectivity index (χ1n) is 6.24. The Bertz CT molecular complexity index is 1130. The number of aromatic amines is 1. The van der Waals surface area contributed by atoms with Gasteiger partial charge in [-0.3, -0.25) is 13.9 Å². The van der Waals surface area contributed by atoms with Gasteiger partial charge in [0.05, 0.1) is 17.2 Å². The molecule has 1 aromatic carbocycles. The maximum atomic E-state index is 12.0. The second-order valence-electron chi connectivity index (χ2n) is 4.85. The van der Waals surface area contributed by atoms with E-state index in [4.69, 9.17) is 4.28 Å². The van der Waals surface area contributed by atoms with Crippen molar-refractivity contribution in [2.24, 2.45) is 7.05 Å². The molecular formula is C13H12N3O5S+. The van der Waals surface area contributed by atoms with E-state index in [1.54, 1.807) is 42.1 Å². The predicted octanol–water partition coefficient (Wildman–Crippen LogP) is -0.944. The third-order valence-electron chi connectivity index (χ3n) is 3.19. The van der Waals surface area contributed by atoms with E-state index in [1.807, 2.05) is 0 Å². The fraction of sp³-hybridized carbons (Fsp3) is 0.154. The molecule has 0 unspecified atom stereocenters. The van der Waals surface area contributed by atoms with Crippen LogP contribution in [-0.2, 0) is 17.2 Å². The van der Waals surface area contributed by atoms with Crippen LogP contribution >= 0.6 is 0 Å². The summed E-state index contributed by atoms with van der Waals surface area (Å²) in [5, 5.41) is 0.569. The smallest absolute Gasteiger partial charge is 0.316 e. The molecule has 0 fully saturated rings. The second-order valence-corrected chi connectivity index (χ2v) is 6.40. The molecule has 3 rings (SSSR count). The maximum Gasteiger partial charge on any atom is 0.350 e. The van der Waals surface area contributed by atoms with Crippen LogP contribution in [0.1, 0.15) is 0 Å². The van der Waals surface area contributed by atoms with Gasteiger partial charge in [-0.25, -0.2) is 4.57 Å². The van der Waals surface area contributed by atoms with E-state index in [9.17, 15) is 18.0 Å². The Kier molecular flexibility index (Phi) is 3.03. The SMILES string of the molecule is C[n+]1cccc2c3c(ccc21)[nH]c(=O)c(=O)n3OS(C)(=O)=O. The number of aryl methyl sites for hydroxylation is 1. The van der Waals surface area contributed by atoms with E-state index in [-0.39, 0.29) is 5.52 Å². The van der Waals surface area contributed by atoms with Crippen molar-refractivity contribution in [3.63, 3.8) is 0 Å². The Morgan fingerprint density at radius 3 is 2.64 bits per heavy atom. The summed E-state index contributed by atoms with van der Waals surface area (Å²) in [5.41, 5.74) is -0.837. The normalized spacial score (nSPS) is 11.9. The number of aromatic nitrogens is 3. The molecule has 22 heavy (non-hydrogen) atoms. The van der Waals surface area contributed by atoms with Crippen LogP contribution in [0.15, 0.2) is 40.1 Å². The fourth-order valence-corrected chi connectivity index (χ4v) is 2.73. The first-order chi connectivity index (χ1) is 10.3. The molecule has 2 aromatic heterocycles. The third-order valence-corrected chi connectivity index (χ3v) is 3.61. The van der Waals surface area contributed by atoms with E-state index in [2.05, 4.69) is 4.98 Å².